The second-order valence-corrected chi connectivity index (χ2v) is 6.34. The summed E-state index contributed by atoms with van der Waals surface area (Å²) in [7, 11) is 2.05. The van der Waals surface area contributed by atoms with E-state index in [-0.39, 0.29) is 5.91 Å². The summed E-state index contributed by atoms with van der Waals surface area (Å²) in [6, 6.07) is -0.704. The summed E-state index contributed by atoms with van der Waals surface area (Å²) in [6.45, 7) is 4.99. The minimum atomic E-state index is -0.704. The number of nitrogens with two attached hydrogens (primary N) is 1. The van der Waals surface area contributed by atoms with E-state index in [1.807, 2.05) is 18.9 Å². The normalized spacial score (nSPS) is 20.1. The summed E-state index contributed by atoms with van der Waals surface area (Å²) in [5.74, 6) is 1.08. The van der Waals surface area contributed by atoms with Crippen molar-refractivity contribution in [3.8, 4) is 0 Å². The van der Waals surface area contributed by atoms with Crippen LogP contribution in [0.1, 0.15) is 40.3 Å². The smallest absolute Gasteiger partial charge is 0.332 e. The number of nitrogens with one attached hydrogen (secondary N) is 1. The predicted molar refractivity (Wildman–Crippen MR) is 89.0 cm³/mol. The van der Waals surface area contributed by atoms with E-state index in [4.69, 9.17) is 10.2 Å². The highest BCUT2D eigenvalue weighted by atomic mass is 16.4. The molecule has 2 aliphatic rings. The molecule has 2 heterocycles. The van der Waals surface area contributed by atoms with Gasteiger partial charge < -0.3 is 20.0 Å². The zero-order valence-electron chi connectivity index (χ0n) is 14.1. The van der Waals surface area contributed by atoms with Crippen molar-refractivity contribution < 1.29 is 14.0 Å². The van der Waals surface area contributed by atoms with E-state index in [9.17, 15) is 9.59 Å². The second kappa shape index (κ2) is 6.64. The molecule has 1 aliphatic heterocycles. The Morgan fingerprint density at radius 1 is 1.21 bits per heavy atom. The fourth-order valence-electron chi connectivity index (χ4n) is 3.26. The van der Waals surface area contributed by atoms with E-state index in [1.165, 1.54) is 0 Å². The lowest BCUT2D eigenvalue weighted by atomic mass is 9.93. The summed E-state index contributed by atoms with van der Waals surface area (Å²) in [6.07, 6.45) is 2.35. The standard InChI is InChI=1S/C16H23N5O3/c1-10-13-11(18-19-16(17)23)4-3-5-12(13)24-14(10)15(22)21-8-6-20(2)7-9-21/h3-9H2,1-2H3,(H3,17,19,23)/b18-11+. The lowest BCUT2D eigenvalue weighted by Crippen LogP contribution is -2.47. The molecular weight excluding hydrogens is 310 g/mol. The Balaban J connectivity index is 1.88. The van der Waals surface area contributed by atoms with Crippen LogP contribution in [-0.4, -0.2) is 60.7 Å². The van der Waals surface area contributed by atoms with Crippen LogP contribution in [0.4, 0.5) is 4.79 Å². The molecule has 3 rings (SSSR count). The predicted octanol–water partition coefficient (Wildman–Crippen LogP) is 0.684. The molecule has 0 radical (unpaired) electrons. The minimum Gasteiger partial charge on any atom is -0.455 e. The number of hydrazone groups is 1. The number of furan rings is 1. The highest BCUT2D eigenvalue weighted by molar-refractivity contribution is 6.06. The van der Waals surface area contributed by atoms with Crippen LogP contribution in [0.15, 0.2) is 9.52 Å². The van der Waals surface area contributed by atoms with E-state index in [1.54, 1.807) is 0 Å². The molecule has 0 spiro atoms. The van der Waals surface area contributed by atoms with Gasteiger partial charge in [-0.1, -0.05) is 0 Å². The molecule has 3 N–H and O–H groups in total. The molecule has 3 amide bonds. The molecule has 0 bridgehead atoms. The molecule has 0 atom stereocenters. The van der Waals surface area contributed by atoms with Gasteiger partial charge in [0.25, 0.3) is 5.91 Å². The lowest BCUT2D eigenvalue weighted by Gasteiger charge is -2.31. The van der Waals surface area contributed by atoms with Gasteiger partial charge >= 0.3 is 6.03 Å². The number of carbonyl (C=O) groups excluding carboxylic acids is 2. The molecule has 1 aromatic heterocycles. The van der Waals surface area contributed by atoms with Gasteiger partial charge in [-0.2, -0.15) is 5.10 Å². The first-order valence-corrected chi connectivity index (χ1v) is 8.20. The average molecular weight is 333 g/mol. The number of piperazine rings is 1. The Kier molecular flexibility index (Phi) is 4.57. The number of urea groups is 1. The Morgan fingerprint density at radius 3 is 2.58 bits per heavy atom. The van der Waals surface area contributed by atoms with E-state index < -0.39 is 6.03 Å². The van der Waals surface area contributed by atoms with E-state index >= 15 is 0 Å². The van der Waals surface area contributed by atoms with E-state index in [0.717, 1.165) is 49.2 Å². The minimum absolute atomic E-state index is 0.0720. The lowest BCUT2D eigenvalue weighted by molar-refractivity contribution is 0.0629. The third kappa shape index (κ3) is 3.14. The number of hydrogen-bond donors (Lipinski definition) is 2. The third-order valence-corrected chi connectivity index (χ3v) is 4.61. The van der Waals surface area contributed by atoms with Crippen molar-refractivity contribution in [1.82, 2.24) is 15.2 Å². The highest BCUT2D eigenvalue weighted by Gasteiger charge is 2.31. The van der Waals surface area contributed by atoms with Crippen LogP contribution in [0.3, 0.4) is 0 Å². The number of aryl methyl sites for hydroxylation is 1. The van der Waals surface area contributed by atoms with Gasteiger partial charge in [-0.25, -0.2) is 10.2 Å². The van der Waals surface area contributed by atoms with Gasteiger partial charge in [0, 0.05) is 43.7 Å². The summed E-state index contributed by atoms with van der Waals surface area (Å²) in [4.78, 5) is 27.7. The maximum atomic E-state index is 12.8. The van der Waals surface area contributed by atoms with Gasteiger partial charge in [-0.15, -0.1) is 0 Å². The van der Waals surface area contributed by atoms with Gasteiger partial charge in [0.15, 0.2) is 5.76 Å². The monoisotopic (exact) mass is 333 g/mol. The third-order valence-electron chi connectivity index (χ3n) is 4.61. The Hall–Kier alpha value is -2.35. The van der Waals surface area contributed by atoms with Crippen molar-refractivity contribution in [2.75, 3.05) is 33.2 Å². The summed E-state index contributed by atoms with van der Waals surface area (Å²) < 4.78 is 5.89. The molecule has 1 aliphatic carbocycles. The fraction of sp³-hybridized carbons (Fsp3) is 0.562. The van der Waals surface area contributed by atoms with Gasteiger partial charge in [-0.3, -0.25) is 4.79 Å². The number of likely N-dealkylation sites (N-methyl/N-ethyl adjacent to an activating group) is 1. The molecule has 8 nitrogen and oxygen atoms in total. The van der Waals surface area contributed by atoms with Crippen LogP contribution >= 0.6 is 0 Å². The van der Waals surface area contributed by atoms with Crippen molar-refractivity contribution in [3.05, 3.63) is 22.6 Å². The first-order chi connectivity index (χ1) is 11.5. The summed E-state index contributed by atoms with van der Waals surface area (Å²) in [5.41, 5.74) is 9.71. The number of carbonyl (C=O) groups is 2. The number of primary amides is 1. The maximum absolute atomic E-state index is 12.8. The molecule has 1 saturated heterocycles. The van der Waals surface area contributed by atoms with Crippen LogP contribution in [0.5, 0.6) is 0 Å². The van der Waals surface area contributed by atoms with Crippen molar-refractivity contribution in [3.63, 3.8) is 0 Å². The maximum Gasteiger partial charge on any atom is 0.332 e. The number of nitrogens with zero attached hydrogens (tertiary/aromatic N) is 3. The molecule has 0 saturated carbocycles. The number of fused-ring (bicyclic) bond motifs is 1. The van der Waals surface area contributed by atoms with Crippen molar-refractivity contribution >= 4 is 17.6 Å². The Labute approximate surface area is 140 Å². The van der Waals surface area contributed by atoms with Crippen molar-refractivity contribution in [1.29, 1.82) is 0 Å². The van der Waals surface area contributed by atoms with E-state index in [0.29, 0.717) is 24.6 Å². The molecule has 24 heavy (non-hydrogen) atoms. The zero-order chi connectivity index (χ0) is 17.3. The van der Waals surface area contributed by atoms with Crippen LogP contribution in [-0.2, 0) is 6.42 Å². The fourth-order valence-corrected chi connectivity index (χ4v) is 3.26. The van der Waals surface area contributed by atoms with Crippen LogP contribution in [0.2, 0.25) is 0 Å². The number of rotatable bonds is 2. The molecular formula is C16H23N5O3. The van der Waals surface area contributed by atoms with Crippen LogP contribution in [0, 0.1) is 6.92 Å². The molecule has 1 fully saturated rings. The van der Waals surface area contributed by atoms with Gasteiger partial charge in [0.05, 0.1) is 5.71 Å². The average Bonchev–Trinajstić information content (AvgIpc) is 2.90. The molecule has 130 valence electrons. The quantitative estimate of drug-likeness (QED) is 0.777. The summed E-state index contributed by atoms with van der Waals surface area (Å²) >= 11 is 0. The van der Waals surface area contributed by atoms with Gasteiger partial charge in [0.2, 0.25) is 0 Å². The molecule has 1 aromatic rings. The van der Waals surface area contributed by atoms with Crippen molar-refractivity contribution in [2.24, 2.45) is 10.8 Å². The second-order valence-electron chi connectivity index (χ2n) is 6.34. The van der Waals surface area contributed by atoms with Gasteiger partial charge in [-0.05, 0) is 26.8 Å². The van der Waals surface area contributed by atoms with Crippen LogP contribution < -0.4 is 11.2 Å². The molecule has 8 heteroatoms. The zero-order valence-corrected chi connectivity index (χ0v) is 14.1. The largest absolute Gasteiger partial charge is 0.455 e. The van der Waals surface area contributed by atoms with Gasteiger partial charge in [0.1, 0.15) is 5.76 Å². The topological polar surface area (TPSA) is 104 Å². The first-order valence-electron chi connectivity index (χ1n) is 8.20. The Bertz CT molecular complexity index is 686. The SMILES string of the molecule is Cc1c(C(=O)N2CCN(C)CC2)oc2c1/C(=N/NC(N)=O)CCC2. The number of amides is 3. The first kappa shape index (κ1) is 16.5. The number of hydrogen-bond acceptors (Lipinski definition) is 5. The van der Waals surface area contributed by atoms with Crippen LogP contribution in [0.25, 0.3) is 0 Å². The van der Waals surface area contributed by atoms with E-state index in [2.05, 4.69) is 15.4 Å². The van der Waals surface area contributed by atoms with Crippen molar-refractivity contribution in [2.45, 2.75) is 26.2 Å². The molecule has 0 unspecified atom stereocenters. The highest BCUT2D eigenvalue weighted by Crippen LogP contribution is 2.30. The summed E-state index contributed by atoms with van der Waals surface area (Å²) in [5, 5.41) is 4.08. The Morgan fingerprint density at radius 2 is 1.92 bits per heavy atom. The molecule has 0 aromatic carbocycles.